The topological polar surface area (TPSA) is 131 Å². The second kappa shape index (κ2) is 8.29. The van der Waals surface area contributed by atoms with Gasteiger partial charge in [-0.1, -0.05) is 12.8 Å². The van der Waals surface area contributed by atoms with E-state index >= 15 is 0 Å². The van der Waals surface area contributed by atoms with E-state index in [1.807, 2.05) is 0 Å². The van der Waals surface area contributed by atoms with Gasteiger partial charge in [0, 0.05) is 35.1 Å². The molecule has 1 heterocycles. The summed E-state index contributed by atoms with van der Waals surface area (Å²) in [6.45, 7) is 0.493. The van der Waals surface area contributed by atoms with Gasteiger partial charge in [-0.3, -0.25) is 19.7 Å². The van der Waals surface area contributed by atoms with Crippen molar-refractivity contribution in [3.05, 3.63) is 50.3 Å². The molecule has 0 saturated heterocycles. The second-order valence-electron chi connectivity index (χ2n) is 6.39. The van der Waals surface area contributed by atoms with Crippen LogP contribution in [-0.4, -0.2) is 28.4 Å². The van der Waals surface area contributed by atoms with Crippen LogP contribution in [0.15, 0.2) is 29.1 Å². The van der Waals surface area contributed by atoms with Gasteiger partial charge in [0.05, 0.1) is 10.5 Å². The molecule has 26 heavy (non-hydrogen) atoms. The Morgan fingerprint density at radius 2 is 2.04 bits per heavy atom. The lowest BCUT2D eigenvalue weighted by atomic mass is 9.84. The summed E-state index contributed by atoms with van der Waals surface area (Å²) in [5.74, 6) is -0.192. The maximum absolute atomic E-state index is 12.7. The van der Waals surface area contributed by atoms with Crippen LogP contribution in [0.3, 0.4) is 0 Å². The molecule has 0 radical (unpaired) electrons. The number of fused-ring (bicyclic) bond motifs is 1. The second-order valence-corrected chi connectivity index (χ2v) is 6.39. The quantitative estimate of drug-likeness (QED) is 0.552. The number of nitro groups is 1. The molecular weight excluding hydrogens is 360 g/mol. The van der Waals surface area contributed by atoms with Crippen molar-refractivity contribution in [1.29, 1.82) is 0 Å². The number of aromatic amines is 1. The maximum atomic E-state index is 12.7. The molecule has 2 aromatic rings. The van der Waals surface area contributed by atoms with Gasteiger partial charge in [0.2, 0.25) is 5.56 Å². The zero-order valence-electron chi connectivity index (χ0n) is 14.1. The summed E-state index contributed by atoms with van der Waals surface area (Å²) >= 11 is 0. The SMILES string of the molecule is Cl.NCC1CCCCC1NC(=O)c1cc(=O)[nH]c2ccc([N+](=O)[O-])cc12. The van der Waals surface area contributed by atoms with Crippen molar-refractivity contribution < 1.29 is 9.72 Å². The number of nitrogens with zero attached hydrogens (tertiary/aromatic N) is 1. The monoisotopic (exact) mass is 380 g/mol. The van der Waals surface area contributed by atoms with Gasteiger partial charge in [-0.05, 0) is 31.4 Å². The third-order valence-electron chi connectivity index (χ3n) is 4.81. The fourth-order valence-corrected chi connectivity index (χ4v) is 3.47. The van der Waals surface area contributed by atoms with Crippen LogP contribution in [0, 0.1) is 16.0 Å². The van der Waals surface area contributed by atoms with E-state index < -0.39 is 16.4 Å². The van der Waals surface area contributed by atoms with Crippen LogP contribution in [0.1, 0.15) is 36.0 Å². The third kappa shape index (κ3) is 4.03. The number of benzene rings is 1. The van der Waals surface area contributed by atoms with E-state index in [0.29, 0.717) is 17.4 Å². The fraction of sp³-hybridized carbons (Fsp3) is 0.412. The smallest absolute Gasteiger partial charge is 0.270 e. The van der Waals surface area contributed by atoms with Crippen LogP contribution in [-0.2, 0) is 0 Å². The lowest BCUT2D eigenvalue weighted by Gasteiger charge is -2.31. The molecule has 8 nitrogen and oxygen atoms in total. The number of H-pyrrole nitrogens is 1. The number of hydrogen-bond donors (Lipinski definition) is 3. The minimum atomic E-state index is -0.530. The van der Waals surface area contributed by atoms with E-state index in [0.717, 1.165) is 25.7 Å². The minimum Gasteiger partial charge on any atom is -0.349 e. The van der Waals surface area contributed by atoms with Gasteiger partial charge in [-0.2, -0.15) is 0 Å². The Kier molecular flexibility index (Phi) is 6.33. The molecule has 1 amide bonds. The number of carbonyl (C=O) groups excluding carboxylic acids is 1. The predicted octanol–water partition coefficient (Wildman–Crippen LogP) is 2.11. The number of amides is 1. The highest BCUT2D eigenvalue weighted by atomic mass is 35.5. The molecule has 1 aromatic heterocycles. The van der Waals surface area contributed by atoms with Crippen LogP contribution in [0.4, 0.5) is 5.69 Å². The molecule has 1 aliphatic carbocycles. The third-order valence-corrected chi connectivity index (χ3v) is 4.81. The molecule has 2 atom stereocenters. The number of halogens is 1. The molecule has 4 N–H and O–H groups in total. The van der Waals surface area contributed by atoms with Crippen molar-refractivity contribution in [3.63, 3.8) is 0 Å². The Morgan fingerprint density at radius 1 is 1.31 bits per heavy atom. The predicted molar refractivity (Wildman–Crippen MR) is 101 cm³/mol. The molecule has 1 saturated carbocycles. The van der Waals surface area contributed by atoms with Gasteiger partial charge in [0.1, 0.15) is 0 Å². The summed E-state index contributed by atoms with van der Waals surface area (Å²) in [6, 6.07) is 5.18. The highest BCUT2D eigenvalue weighted by Gasteiger charge is 2.26. The molecule has 1 aromatic carbocycles. The summed E-state index contributed by atoms with van der Waals surface area (Å²) in [5, 5.41) is 14.3. The molecular formula is C17H21ClN4O4. The van der Waals surface area contributed by atoms with Gasteiger partial charge < -0.3 is 16.0 Å². The summed E-state index contributed by atoms with van der Waals surface area (Å²) in [6.07, 6.45) is 3.91. The first-order valence-electron chi connectivity index (χ1n) is 8.32. The number of pyridine rings is 1. The number of nitrogens with two attached hydrogens (primary N) is 1. The van der Waals surface area contributed by atoms with Crippen molar-refractivity contribution in [2.75, 3.05) is 6.54 Å². The standard InChI is InChI=1S/C17H20N4O4.ClH/c18-9-10-3-1-2-4-14(10)20-17(23)13-8-16(22)19-15-6-5-11(21(24)25)7-12(13)15;/h5-8,10,14H,1-4,9,18H2,(H,19,22)(H,20,23);1H. The average Bonchev–Trinajstić information content (AvgIpc) is 2.60. The van der Waals surface area contributed by atoms with Crippen molar-refractivity contribution in [1.82, 2.24) is 10.3 Å². The number of nitro benzene ring substituents is 1. The molecule has 0 aliphatic heterocycles. The van der Waals surface area contributed by atoms with Crippen molar-refractivity contribution in [2.24, 2.45) is 11.7 Å². The van der Waals surface area contributed by atoms with Gasteiger partial charge >= 0.3 is 0 Å². The molecule has 0 bridgehead atoms. The van der Waals surface area contributed by atoms with Gasteiger partial charge in [0.25, 0.3) is 11.6 Å². The summed E-state index contributed by atoms with van der Waals surface area (Å²) < 4.78 is 0. The average molecular weight is 381 g/mol. The zero-order chi connectivity index (χ0) is 18.0. The Morgan fingerprint density at radius 3 is 2.73 bits per heavy atom. The summed E-state index contributed by atoms with van der Waals surface area (Å²) in [4.78, 5) is 37.7. The van der Waals surface area contributed by atoms with Gasteiger partial charge in [0.15, 0.2) is 0 Å². The van der Waals surface area contributed by atoms with E-state index in [9.17, 15) is 19.7 Å². The molecule has 0 spiro atoms. The summed E-state index contributed by atoms with van der Waals surface area (Å²) in [7, 11) is 0. The number of hydrogen-bond acceptors (Lipinski definition) is 5. The lowest BCUT2D eigenvalue weighted by molar-refractivity contribution is -0.384. The number of non-ortho nitro benzene ring substituents is 1. The fourth-order valence-electron chi connectivity index (χ4n) is 3.47. The molecule has 140 valence electrons. The molecule has 1 fully saturated rings. The molecule has 2 unspecified atom stereocenters. The Balaban J connectivity index is 0.00000243. The van der Waals surface area contributed by atoms with E-state index in [2.05, 4.69) is 10.3 Å². The number of nitrogens with one attached hydrogen (secondary N) is 2. The molecule has 3 rings (SSSR count). The van der Waals surface area contributed by atoms with Crippen molar-refractivity contribution in [3.8, 4) is 0 Å². The zero-order valence-corrected chi connectivity index (χ0v) is 14.9. The van der Waals surface area contributed by atoms with E-state index in [4.69, 9.17) is 5.73 Å². The van der Waals surface area contributed by atoms with E-state index in [-0.39, 0.29) is 35.6 Å². The molecule has 1 aliphatic rings. The van der Waals surface area contributed by atoms with Crippen LogP contribution >= 0.6 is 12.4 Å². The number of aromatic nitrogens is 1. The lowest BCUT2D eigenvalue weighted by Crippen LogP contribution is -2.44. The Bertz CT molecular complexity index is 883. The van der Waals surface area contributed by atoms with Crippen LogP contribution < -0.4 is 16.6 Å². The maximum Gasteiger partial charge on any atom is 0.270 e. The van der Waals surface area contributed by atoms with Crippen LogP contribution in [0.25, 0.3) is 10.9 Å². The van der Waals surface area contributed by atoms with Crippen LogP contribution in [0.5, 0.6) is 0 Å². The Labute approximate surface area is 155 Å². The van der Waals surface area contributed by atoms with Crippen LogP contribution in [0.2, 0.25) is 0 Å². The first kappa shape index (κ1) is 19.9. The van der Waals surface area contributed by atoms with Gasteiger partial charge in [-0.25, -0.2) is 0 Å². The van der Waals surface area contributed by atoms with Gasteiger partial charge in [-0.15, -0.1) is 12.4 Å². The van der Waals surface area contributed by atoms with Crippen molar-refractivity contribution in [2.45, 2.75) is 31.7 Å². The number of carbonyl (C=O) groups is 1. The highest BCUT2D eigenvalue weighted by molar-refractivity contribution is 6.06. The number of rotatable bonds is 4. The Hall–Kier alpha value is -2.45. The van der Waals surface area contributed by atoms with E-state index in [1.54, 1.807) is 0 Å². The first-order chi connectivity index (χ1) is 12.0. The molecule has 9 heteroatoms. The minimum absolute atomic E-state index is 0. The largest absolute Gasteiger partial charge is 0.349 e. The van der Waals surface area contributed by atoms with E-state index in [1.165, 1.54) is 24.3 Å². The van der Waals surface area contributed by atoms with Crippen molar-refractivity contribution >= 4 is 34.9 Å². The normalized spacial score (nSPS) is 19.6. The summed E-state index contributed by atoms with van der Waals surface area (Å²) in [5.41, 5.74) is 5.77. The first-order valence-corrected chi connectivity index (χ1v) is 8.32. The highest BCUT2D eigenvalue weighted by Crippen LogP contribution is 2.25.